The van der Waals surface area contributed by atoms with Crippen molar-refractivity contribution < 1.29 is 14.4 Å². The summed E-state index contributed by atoms with van der Waals surface area (Å²) >= 11 is 0. The third kappa shape index (κ3) is 7.91. The molecule has 0 unspecified atom stereocenters. The van der Waals surface area contributed by atoms with Gasteiger partial charge in [0.25, 0.3) is 5.91 Å². The largest absolute Gasteiger partial charge is 0.325 e. The van der Waals surface area contributed by atoms with Gasteiger partial charge in [0.2, 0.25) is 11.8 Å². The lowest BCUT2D eigenvalue weighted by Gasteiger charge is -2.11. The first-order valence-corrected chi connectivity index (χ1v) is 8.17. The van der Waals surface area contributed by atoms with Gasteiger partial charge in [-0.1, -0.05) is 24.3 Å². The van der Waals surface area contributed by atoms with Crippen molar-refractivity contribution in [1.29, 1.82) is 0 Å². The fourth-order valence-corrected chi connectivity index (χ4v) is 1.95. The molecule has 0 aromatic heterocycles. The van der Waals surface area contributed by atoms with E-state index in [2.05, 4.69) is 32.9 Å². The standard InChI is InChI=1S/C19H23N5O3/c1-5-6-9-17(20-4)19(27)24-23-13(2)12-18(26)22-16-11-8-7-10-15(16)21-14(3)25/h5-11H,4,12H2,1-3H3,(H,21,25)(H,22,26)(H,24,27). The lowest BCUT2D eigenvalue weighted by molar-refractivity contribution is -0.118. The molecule has 3 amide bonds. The number of anilines is 2. The molecule has 0 fully saturated rings. The summed E-state index contributed by atoms with van der Waals surface area (Å²) in [5.41, 5.74) is 3.80. The van der Waals surface area contributed by atoms with Crippen LogP contribution in [0.25, 0.3) is 0 Å². The van der Waals surface area contributed by atoms with E-state index in [4.69, 9.17) is 0 Å². The summed E-state index contributed by atoms with van der Waals surface area (Å²) in [5, 5.41) is 9.23. The molecule has 1 rings (SSSR count). The third-order valence-corrected chi connectivity index (χ3v) is 3.13. The summed E-state index contributed by atoms with van der Waals surface area (Å²) in [4.78, 5) is 38.9. The number of aliphatic imine (C=N–C) groups is 1. The molecule has 3 N–H and O–H groups in total. The molecule has 142 valence electrons. The van der Waals surface area contributed by atoms with Gasteiger partial charge in [-0.15, -0.1) is 0 Å². The van der Waals surface area contributed by atoms with Crippen molar-refractivity contribution in [2.24, 2.45) is 10.1 Å². The van der Waals surface area contributed by atoms with Crippen LogP contribution in [0.2, 0.25) is 0 Å². The second kappa shape index (κ2) is 11.1. The zero-order chi connectivity index (χ0) is 20.2. The maximum absolute atomic E-state index is 12.2. The highest BCUT2D eigenvalue weighted by atomic mass is 16.2. The Morgan fingerprint density at radius 1 is 1.11 bits per heavy atom. The van der Waals surface area contributed by atoms with E-state index in [0.29, 0.717) is 17.1 Å². The Balaban J connectivity index is 2.69. The molecule has 0 aliphatic heterocycles. The highest BCUT2D eigenvalue weighted by molar-refractivity contribution is 6.07. The van der Waals surface area contributed by atoms with Crippen molar-refractivity contribution in [2.75, 3.05) is 10.6 Å². The highest BCUT2D eigenvalue weighted by Crippen LogP contribution is 2.21. The van der Waals surface area contributed by atoms with Crippen molar-refractivity contribution in [1.82, 2.24) is 5.43 Å². The van der Waals surface area contributed by atoms with Gasteiger partial charge >= 0.3 is 0 Å². The second-order valence-electron chi connectivity index (χ2n) is 5.48. The van der Waals surface area contributed by atoms with Crippen LogP contribution in [0, 0.1) is 0 Å². The van der Waals surface area contributed by atoms with E-state index in [0.717, 1.165) is 0 Å². The van der Waals surface area contributed by atoms with Crippen LogP contribution in [0.15, 0.2) is 58.3 Å². The lowest BCUT2D eigenvalue weighted by Crippen LogP contribution is -2.22. The first-order valence-electron chi connectivity index (χ1n) is 8.17. The molecule has 0 aliphatic rings. The number of para-hydroxylation sites is 2. The lowest BCUT2D eigenvalue weighted by atomic mass is 10.2. The molecule has 1 aromatic rings. The van der Waals surface area contributed by atoms with Gasteiger partial charge in [-0.25, -0.2) is 5.43 Å². The molecule has 0 radical (unpaired) electrons. The van der Waals surface area contributed by atoms with Gasteiger partial charge < -0.3 is 10.6 Å². The van der Waals surface area contributed by atoms with Crippen molar-refractivity contribution in [3.8, 4) is 0 Å². The number of nitrogens with zero attached hydrogens (tertiary/aromatic N) is 2. The zero-order valence-electron chi connectivity index (χ0n) is 15.6. The number of amides is 3. The van der Waals surface area contributed by atoms with Crippen molar-refractivity contribution in [2.45, 2.75) is 27.2 Å². The van der Waals surface area contributed by atoms with Crippen LogP contribution in [0.1, 0.15) is 27.2 Å². The number of hydrazone groups is 1. The maximum atomic E-state index is 12.2. The Hall–Kier alpha value is -3.55. The van der Waals surface area contributed by atoms with Crippen LogP contribution in [-0.4, -0.2) is 30.2 Å². The first-order chi connectivity index (χ1) is 12.9. The van der Waals surface area contributed by atoms with Crippen molar-refractivity contribution >= 4 is 41.5 Å². The number of benzene rings is 1. The summed E-state index contributed by atoms with van der Waals surface area (Å²) < 4.78 is 0. The Labute approximate surface area is 158 Å². The van der Waals surface area contributed by atoms with E-state index in [-0.39, 0.29) is 23.9 Å². The first kappa shape index (κ1) is 21.5. The minimum Gasteiger partial charge on any atom is -0.325 e. The number of allylic oxidation sites excluding steroid dienone is 3. The molecule has 0 saturated heterocycles. The highest BCUT2D eigenvalue weighted by Gasteiger charge is 2.10. The van der Waals surface area contributed by atoms with E-state index < -0.39 is 5.91 Å². The van der Waals surface area contributed by atoms with E-state index >= 15 is 0 Å². The third-order valence-electron chi connectivity index (χ3n) is 3.13. The molecule has 0 atom stereocenters. The molecule has 0 aliphatic carbocycles. The maximum Gasteiger partial charge on any atom is 0.289 e. The number of carbonyl (C=O) groups excluding carboxylic acids is 3. The molecule has 0 heterocycles. The average molecular weight is 369 g/mol. The van der Waals surface area contributed by atoms with Crippen molar-refractivity contribution in [3.63, 3.8) is 0 Å². The fourth-order valence-electron chi connectivity index (χ4n) is 1.95. The van der Waals surface area contributed by atoms with Gasteiger partial charge in [-0.2, -0.15) is 5.10 Å². The van der Waals surface area contributed by atoms with Gasteiger partial charge in [-0.3, -0.25) is 19.4 Å². The van der Waals surface area contributed by atoms with Crippen LogP contribution in [0.3, 0.4) is 0 Å². The Bertz CT molecular complexity index is 809. The zero-order valence-corrected chi connectivity index (χ0v) is 15.6. The quantitative estimate of drug-likeness (QED) is 0.283. The van der Waals surface area contributed by atoms with Crippen LogP contribution in [0.5, 0.6) is 0 Å². The normalized spacial score (nSPS) is 11.8. The molecule has 1 aromatic carbocycles. The minimum absolute atomic E-state index is 0.0376. The summed E-state index contributed by atoms with van der Waals surface area (Å²) in [7, 11) is 0. The summed E-state index contributed by atoms with van der Waals surface area (Å²) in [6.45, 7) is 8.13. The van der Waals surface area contributed by atoms with E-state index in [1.807, 2.05) is 0 Å². The Morgan fingerprint density at radius 3 is 2.30 bits per heavy atom. The molecule has 8 heteroatoms. The molecule has 27 heavy (non-hydrogen) atoms. The van der Waals surface area contributed by atoms with E-state index in [9.17, 15) is 14.4 Å². The molecule has 0 spiro atoms. The number of nitrogens with one attached hydrogen (secondary N) is 3. The molecule has 8 nitrogen and oxygen atoms in total. The predicted octanol–water partition coefficient (Wildman–Crippen LogP) is 2.63. The van der Waals surface area contributed by atoms with Crippen LogP contribution in [-0.2, 0) is 14.4 Å². The predicted molar refractivity (Wildman–Crippen MR) is 108 cm³/mol. The van der Waals surface area contributed by atoms with Gasteiger partial charge in [0, 0.05) is 12.6 Å². The monoisotopic (exact) mass is 369 g/mol. The molecule has 0 saturated carbocycles. The number of hydrogen-bond donors (Lipinski definition) is 3. The van der Waals surface area contributed by atoms with Crippen LogP contribution >= 0.6 is 0 Å². The van der Waals surface area contributed by atoms with Crippen LogP contribution in [0.4, 0.5) is 11.4 Å². The summed E-state index contributed by atoms with van der Waals surface area (Å²) in [6, 6.07) is 6.84. The second-order valence-corrected chi connectivity index (χ2v) is 5.48. The molecular formula is C19H23N5O3. The Morgan fingerprint density at radius 2 is 1.74 bits per heavy atom. The summed E-state index contributed by atoms with van der Waals surface area (Å²) in [5.74, 6) is -1.11. The smallest absolute Gasteiger partial charge is 0.289 e. The number of hydrogen-bond acceptors (Lipinski definition) is 5. The molecule has 0 bridgehead atoms. The minimum atomic E-state index is -0.529. The van der Waals surface area contributed by atoms with Gasteiger partial charge in [0.1, 0.15) is 5.70 Å². The summed E-state index contributed by atoms with van der Waals surface area (Å²) in [6.07, 6.45) is 4.86. The number of rotatable bonds is 8. The van der Waals surface area contributed by atoms with E-state index in [1.165, 1.54) is 13.0 Å². The topological polar surface area (TPSA) is 112 Å². The average Bonchev–Trinajstić information content (AvgIpc) is 2.61. The fraction of sp³-hybridized carbons (Fsp3) is 0.211. The number of carbonyl (C=O) groups is 3. The van der Waals surface area contributed by atoms with Gasteiger partial charge in [0.15, 0.2) is 0 Å². The van der Waals surface area contributed by atoms with Crippen molar-refractivity contribution in [3.05, 3.63) is 48.2 Å². The SMILES string of the molecule is C=NC(=CC=CC)C(=O)NN=C(C)CC(=O)Nc1ccccc1NC(C)=O. The van der Waals surface area contributed by atoms with E-state index in [1.54, 1.807) is 50.3 Å². The van der Waals surface area contributed by atoms with Crippen LogP contribution < -0.4 is 16.1 Å². The molecular weight excluding hydrogens is 346 g/mol. The van der Waals surface area contributed by atoms with Gasteiger partial charge in [0.05, 0.1) is 17.8 Å². The Kier molecular flexibility index (Phi) is 8.87. The van der Waals surface area contributed by atoms with Gasteiger partial charge in [-0.05, 0) is 38.8 Å².